The van der Waals surface area contributed by atoms with Crippen LogP contribution in [0, 0.1) is 11.3 Å². The lowest BCUT2D eigenvalue weighted by molar-refractivity contribution is 0.498. The van der Waals surface area contributed by atoms with Crippen LogP contribution in [0.5, 0.6) is 0 Å². The van der Waals surface area contributed by atoms with E-state index in [4.69, 9.17) is 5.26 Å². The van der Waals surface area contributed by atoms with Crippen LogP contribution in [0.25, 0.3) is 0 Å². The molecular weight excluding hydrogens is 196 g/mol. The van der Waals surface area contributed by atoms with Gasteiger partial charge in [0.1, 0.15) is 0 Å². The van der Waals surface area contributed by atoms with Crippen LogP contribution in [-0.4, -0.2) is 12.6 Å². The molecule has 0 saturated carbocycles. The van der Waals surface area contributed by atoms with Crippen molar-refractivity contribution in [1.82, 2.24) is 5.32 Å². The molecule has 1 unspecified atom stereocenters. The summed E-state index contributed by atoms with van der Waals surface area (Å²) in [7, 11) is 0. The number of aryl methyl sites for hydroxylation is 1. The Morgan fingerprint density at radius 1 is 1.31 bits per heavy atom. The predicted octanol–water partition coefficient (Wildman–Crippen LogP) is 2.90. The third-order valence-corrected chi connectivity index (χ3v) is 2.75. The first-order chi connectivity index (χ1) is 7.86. The SMILES string of the molecule is CCC(CC#N)NCCCc1ccccc1. The highest BCUT2D eigenvalue weighted by Gasteiger charge is 2.03. The second-order valence-electron chi connectivity index (χ2n) is 4.01. The summed E-state index contributed by atoms with van der Waals surface area (Å²) < 4.78 is 0. The smallest absolute Gasteiger partial charge is 0.0638 e. The highest BCUT2D eigenvalue weighted by molar-refractivity contribution is 5.14. The molecule has 0 heterocycles. The molecule has 0 bridgehead atoms. The van der Waals surface area contributed by atoms with Gasteiger partial charge in [0.15, 0.2) is 0 Å². The maximum absolute atomic E-state index is 8.61. The van der Waals surface area contributed by atoms with Crippen LogP contribution in [0.15, 0.2) is 30.3 Å². The van der Waals surface area contributed by atoms with Crippen molar-refractivity contribution >= 4 is 0 Å². The second kappa shape index (κ2) is 7.90. The molecule has 0 spiro atoms. The van der Waals surface area contributed by atoms with Crippen molar-refractivity contribution in [1.29, 1.82) is 5.26 Å². The highest BCUT2D eigenvalue weighted by atomic mass is 14.9. The molecule has 2 nitrogen and oxygen atoms in total. The average Bonchev–Trinajstić information content (AvgIpc) is 2.34. The minimum atomic E-state index is 0.362. The molecule has 86 valence electrons. The van der Waals surface area contributed by atoms with Crippen LogP contribution in [0.4, 0.5) is 0 Å². The molecule has 0 aliphatic heterocycles. The van der Waals surface area contributed by atoms with Crippen molar-refractivity contribution in [3.05, 3.63) is 35.9 Å². The lowest BCUT2D eigenvalue weighted by Gasteiger charge is -2.13. The zero-order chi connectivity index (χ0) is 11.6. The predicted molar refractivity (Wildman–Crippen MR) is 67.1 cm³/mol. The molecule has 1 rings (SSSR count). The highest BCUT2D eigenvalue weighted by Crippen LogP contribution is 2.02. The topological polar surface area (TPSA) is 35.8 Å². The summed E-state index contributed by atoms with van der Waals surface area (Å²) in [6.07, 6.45) is 3.88. The van der Waals surface area contributed by atoms with Gasteiger partial charge in [0, 0.05) is 6.04 Å². The summed E-state index contributed by atoms with van der Waals surface area (Å²) in [6, 6.07) is 13.1. The van der Waals surface area contributed by atoms with Crippen LogP contribution in [0.2, 0.25) is 0 Å². The van der Waals surface area contributed by atoms with Gasteiger partial charge >= 0.3 is 0 Å². The van der Waals surface area contributed by atoms with E-state index in [1.807, 2.05) is 6.07 Å². The molecule has 1 aromatic carbocycles. The molecule has 0 fully saturated rings. The van der Waals surface area contributed by atoms with Gasteiger partial charge in [0.05, 0.1) is 12.5 Å². The zero-order valence-corrected chi connectivity index (χ0v) is 9.95. The van der Waals surface area contributed by atoms with Crippen molar-refractivity contribution in [2.75, 3.05) is 6.54 Å². The number of nitrogens with zero attached hydrogens (tertiary/aromatic N) is 1. The Morgan fingerprint density at radius 2 is 2.06 bits per heavy atom. The molecule has 0 radical (unpaired) electrons. The van der Waals surface area contributed by atoms with Crippen LogP contribution in [0.3, 0.4) is 0 Å². The first kappa shape index (κ1) is 12.7. The second-order valence-corrected chi connectivity index (χ2v) is 4.01. The Kier molecular flexibility index (Phi) is 6.29. The molecule has 0 aliphatic carbocycles. The quantitative estimate of drug-likeness (QED) is 0.711. The van der Waals surface area contributed by atoms with E-state index in [1.165, 1.54) is 5.56 Å². The van der Waals surface area contributed by atoms with Gasteiger partial charge in [-0.3, -0.25) is 0 Å². The van der Waals surface area contributed by atoms with E-state index in [2.05, 4.69) is 42.6 Å². The molecule has 2 heteroatoms. The number of hydrogen-bond donors (Lipinski definition) is 1. The number of rotatable bonds is 7. The number of nitrogens with one attached hydrogen (secondary N) is 1. The van der Waals surface area contributed by atoms with Crippen LogP contribution < -0.4 is 5.32 Å². The van der Waals surface area contributed by atoms with E-state index >= 15 is 0 Å². The minimum absolute atomic E-state index is 0.362. The summed E-state index contributed by atoms with van der Waals surface area (Å²) in [5, 5.41) is 12.0. The van der Waals surface area contributed by atoms with Gasteiger partial charge in [0.25, 0.3) is 0 Å². The maximum atomic E-state index is 8.61. The molecular formula is C14H20N2. The van der Waals surface area contributed by atoms with Gasteiger partial charge in [-0.2, -0.15) is 5.26 Å². The number of benzene rings is 1. The summed E-state index contributed by atoms with van der Waals surface area (Å²) >= 11 is 0. The normalized spacial score (nSPS) is 12.0. The standard InChI is InChI=1S/C14H20N2/c1-2-14(10-11-15)16-12-6-9-13-7-4-3-5-8-13/h3-5,7-8,14,16H,2,6,9-10,12H2,1H3. The van der Waals surface area contributed by atoms with E-state index in [1.54, 1.807) is 0 Å². The molecule has 1 aromatic rings. The van der Waals surface area contributed by atoms with Crippen molar-refractivity contribution < 1.29 is 0 Å². The van der Waals surface area contributed by atoms with Crippen LogP contribution >= 0.6 is 0 Å². The number of nitriles is 1. The number of hydrogen-bond acceptors (Lipinski definition) is 2. The van der Waals surface area contributed by atoms with Crippen LogP contribution in [0.1, 0.15) is 31.7 Å². The molecule has 0 saturated heterocycles. The lowest BCUT2D eigenvalue weighted by Crippen LogP contribution is -2.29. The summed E-state index contributed by atoms with van der Waals surface area (Å²) in [6.45, 7) is 3.11. The van der Waals surface area contributed by atoms with Gasteiger partial charge in [-0.1, -0.05) is 37.3 Å². The lowest BCUT2D eigenvalue weighted by atomic mass is 10.1. The first-order valence-electron chi connectivity index (χ1n) is 6.01. The largest absolute Gasteiger partial charge is 0.313 e. The van der Waals surface area contributed by atoms with Crippen molar-refractivity contribution in [2.45, 2.75) is 38.6 Å². The van der Waals surface area contributed by atoms with Crippen molar-refractivity contribution in [3.63, 3.8) is 0 Å². The molecule has 0 aromatic heterocycles. The van der Waals surface area contributed by atoms with E-state index in [0.717, 1.165) is 25.8 Å². The van der Waals surface area contributed by atoms with Crippen LogP contribution in [-0.2, 0) is 6.42 Å². The minimum Gasteiger partial charge on any atom is -0.313 e. The summed E-state index contributed by atoms with van der Waals surface area (Å²) in [4.78, 5) is 0. The van der Waals surface area contributed by atoms with Gasteiger partial charge in [-0.25, -0.2) is 0 Å². The van der Waals surface area contributed by atoms with Gasteiger partial charge in [0.2, 0.25) is 0 Å². The Hall–Kier alpha value is -1.33. The molecule has 1 N–H and O–H groups in total. The molecule has 0 amide bonds. The Balaban J connectivity index is 2.14. The summed E-state index contributed by atoms with van der Waals surface area (Å²) in [5.74, 6) is 0. The average molecular weight is 216 g/mol. The maximum Gasteiger partial charge on any atom is 0.0638 e. The Labute approximate surface area is 98.3 Å². The van der Waals surface area contributed by atoms with Crippen molar-refractivity contribution in [2.24, 2.45) is 0 Å². The van der Waals surface area contributed by atoms with Crippen molar-refractivity contribution in [3.8, 4) is 6.07 Å². The Bertz CT molecular complexity index is 313. The fraction of sp³-hybridized carbons (Fsp3) is 0.500. The fourth-order valence-corrected chi connectivity index (χ4v) is 1.71. The summed E-state index contributed by atoms with van der Waals surface area (Å²) in [5.41, 5.74) is 1.39. The third-order valence-electron chi connectivity index (χ3n) is 2.75. The van der Waals surface area contributed by atoms with E-state index < -0.39 is 0 Å². The van der Waals surface area contributed by atoms with E-state index in [-0.39, 0.29) is 0 Å². The van der Waals surface area contributed by atoms with E-state index in [0.29, 0.717) is 12.5 Å². The first-order valence-corrected chi connectivity index (χ1v) is 6.01. The molecule has 0 aliphatic rings. The third kappa shape index (κ3) is 4.95. The monoisotopic (exact) mass is 216 g/mol. The van der Waals surface area contributed by atoms with Gasteiger partial charge in [-0.05, 0) is 31.4 Å². The molecule has 16 heavy (non-hydrogen) atoms. The Morgan fingerprint density at radius 3 is 2.69 bits per heavy atom. The van der Waals surface area contributed by atoms with Gasteiger partial charge in [-0.15, -0.1) is 0 Å². The van der Waals surface area contributed by atoms with E-state index in [9.17, 15) is 0 Å². The zero-order valence-electron chi connectivity index (χ0n) is 9.95. The fourth-order valence-electron chi connectivity index (χ4n) is 1.71. The molecule has 1 atom stereocenters. The van der Waals surface area contributed by atoms with Gasteiger partial charge < -0.3 is 5.32 Å².